The van der Waals surface area contributed by atoms with Gasteiger partial charge in [-0.15, -0.1) is 0 Å². The molecule has 2 aliphatic rings. The number of anilines is 1. The molecule has 2 fully saturated rings. The number of carboxylic acid groups (broad SMARTS) is 1. The predicted molar refractivity (Wildman–Crippen MR) is 78.3 cm³/mol. The largest absolute Gasteiger partial charge is 0.481 e. The molecule has 2 amide bonds. The van der Waals surface area contributed by atoms with E-state index in [1.165, 1.54) is 4.90 Å². The van der Waals surface area contributed by atoms with Crippen LogP contribution < -0.4 is 15.5 Å². The smallest absolute Gasteiger partial charge is 0.316 e. The maximum Gasteiger partial charge on any atom is 0.316 e. The van der Waals surface area contributed by atoms with E-state index in [1.54, 1.807) is 6.07 Å². The topological polar surface area (TPSA) is 98.7 Å². The van der Waals surface area contributed by atoms with Crippen LogP contribution in [0.3, 0.4) is 0 Å². The first-order chi connectivity index (χ1) is 10.6. The molecular formula is C15H17N3O4. The molecule has 116 valence electrons. The number of carbonyl (C=O) groups excluding carboxylic acids is 2. The first kappa shape index (κ1) is 14.5. The fraction of sp³-hybridized carbons (Fsp3) is 0.400. The van der Waals surface area contributed by atoms with Crippen molar-refractivity contribution in [2.45, 2.75) is 12.5 Å². The molecule has 2 atom stereocenters. The molecule has 0 spiro atoms. The minimum atomic E-state index is -0.819. The molecule has 0 saturated carbocycles. The molecule has 1 aromatic carbocycles. The Kier molecular flexibility index (Phi) is 3.81. The van der Waals surface area contributed by atoms with Crippen LogP contribution in [0.5, 0.6) is 0 Å². The summed E-state index contributed by atoms with van der Waals surface area (Å²) in [4.78, 5) is 36.2. The molecular weight excluding hydrogens is 286 g/mol. The van der Waals surface area contributed by atoms with Gasteiger partial charge in [0.05, 0.1) is 5.92 Å². The van der Waals surface area contributed by atoms with Crippen LogP contribution in [0.4, 0.5) is 5.69 Å². The van der Waals surface area contributed by atoms with Gasteiger partial charge in [-0.3, -0.25) is 14.4 Å². The van der Waals surface area contributed by atoms with Gasteiger partial charge in [0.2, 0.25) is 0 Å². The number of hydrogen-bond donors (Lipinski definition) is 3. The van der Waals surface area contributed by atoms with Gasteiger partial charge in [-0.1, -0.05) is 18.2 Å². The Morgan fingerprint density at radius 1 is 1.27 bits per heavy atom. The molecule has 2 saturated heterocycles. The first-order valence-electron chi connectivity index (χ1n) is 7.22. The summed E-state index contributed by atoms with van der Waals surface area (Å²) in [6, 6.07) is 7.19. The van der Waals surface area contributed by atoms with Crippen LogP contribution in [-0.2, 0) is 14.4 Å². The summed E-state index contributed by atoms with van der Waals surface area (Å²) in [6.45, 7) is 1.23. The van der Waals surface area contributed by atoms with Gasteiger partial charge in [-0.05, 0) is 18.1 Å². The summed E-state index contributed by atoms with van der Waals surface area (Å²) in [7, 11) is 0. The molecule has 3 rings (SSSR count). The average molecular weight is 303 g/mol. The van der Waals surface area contributed by atoms with Crippen LogP contribution in [0.1, 0.15) is 18.0 Å². The van der Waals surface area contributed by atoms with E-state index in [0.29, 0.717) is 31.7 Å². The van der Waals surface area contributed by atoms with Crippen molar-refractivity contribution in [2.75, 3.05) is 24.5 Å². The number of para-hydroxylation sites is 1. The van der Waals surface area contributed by atoms with Gasteiger partial charge in [-0.2, -0.15) is 0 Å². The minimum absolute atomic E-state index is 0.130. The van der Waals surface area contributed by atoms with E-state index in [9.17, 15) is 14.4 Å². The Labute approximate surface area is 127 Å². The number of carboxylic acids is 1. The molecule has 3 N–H and O–H groups in total. The zero-order valence-corrected chi connectivity index (χ0v) is 11.9. The van der Waals surface area contributed by atoms with Crippen molar-refractivity contribution < 1.29 is 19.5 Å². The van der Waals surface area contributed by atoms with E-state index in [4.69, 9.17) is 5.11 Å². The molecule has 0 aromatic heterocycles. The van der Waals surface area contributed by atoms with E-state index in [0.717, 1.165) is 5.56 Å². The molecule has 0 aliphatic carbocycles. The number of benzene rings is 1. The quantitative estimate of drug-likeness (QED) is 0.676. The molecule has 7 heteroatoms. The van der Waals surface area contributed by atoms with E-state index in [-0.39, 0.29) is 6.04 Å². The van der Waals surface area contributed by atoms with E-state index in [1.807, 2.05) is 18.2 Å². The Balaban J connectivity index is 1.89. The first-order valence-corrected chi connectivity index (χ1v) is 7.22. The maximum absolute atomic E-state index is 12.1. The Hall–Kier alpha value is -2.41. The average Bonchev–Trinajstić information content (AvgIpc) is 3.00. The lowest BCUT2D eigenvalue weighted by Crippen LogP contribution is -2.52. The number of amides is 2. The van der Waals surface area contributed by atoms with E-state index >= 15 is 0 Å². The standard InChI is InChI=1S/C15H17N3O4/c19-13-14(20)18(6-5-16-13)12-4-2-1-3-10(12)11-7-9(8-17-11)15(21)22/h1-4,9,11,17H,5-8H2,(H,16,19)(H,21,22). The number of aliphatic carboxylic acids is 1. The summed E-state index contributed by atoms with van der Waals surface area (Å²) in [5, 5.41) is 14.8. The predicted octanol–water partition coefficient (Wildman–Crippen LogP) is -0.115. The highest BCUT2D eigenvalue weighted by atomic mass is 16.4. The van der Waals surface area contributed by atoms with Crippen molar-refractivity contribution in [3.8, 4) is 0 Å². The highest BCUT2D eigenvalue weighted by Gasteiger charge is 2.34. The fourth-order valence-electron chi connectivity index (χ4n) is 3.00. The van der Waals surface area contributed by atoms with Gasteiger partial charge in [0, 0.05) is 31.4 Å². The molecule has 7 nitrogen and oxygen atoms in total. The minimum Gasteiger partial charge on any atom is -0.481 e. The van der Waals surface area contributed by atoms with Gasteiger partial charge in [0.1, 0.15) is 0 Å². The third-order valence-electron chi connectivity index (χ3n) is 4.14. The van der Waals surface area contributed by atoms with Crippen molar-refractivity contribution in [1.29, 1.82) is 0 Å². The number of rotatable bonds is 3. The molecule has 2 aliphatic heterocycles. The van der Waals surface area contributed by atoms with Crippen LogP contribution >= 0.6 is 0 Å². The monoisotopic (exact) mass is 303 g/mol. The van der Waals surface area contributed by atoms with Crippen LogP contribution in [-0.4, -0.2) is 42.5 Å². The highest BCUT2D eigenvalue weighted by Crippen LogP contribution is 2.34. The van der Waals surface area contributed by atoms with Gasteiger partial charge in [-0.25, -0.2) is 0 Å². The lowest BCUT2D eigenvalue weighted by Gasteiger charge is -2.29. The number of nitrogens with zero attached hydrogens (tertiary/aromatic N) is 1. The molecule has 22 heavy (non-hydrogen) atoms. The summed E-state index contributed by atoms with van der Waals surface area (Å²) < 4.78 is 0. The van der Waals surface area contributed by atoms with Crippen molar-refractivity contribution in [3.05, 3.63) is 29.8 Å². The zero-order valence-electron chi connectivity index (χ0n) is 11.9. The van der Waals surface area contributed by atoms with E-state index < -0.39 is 23.7 Å². The van der Waals surface area contributed by atoms with Crippen LogP contribution in [0.2, 0.25) is 0 Å². The third kappa shape index (κ3) is 2.55. The molecule has 1 aromatic rings. The molecule has 2 unspecified atom stereocenters. The molecule has 0 radical (unpaired) electrons. The van der Waals surface area contributed by atoms with Gasteiger partial charge >= 0.3 is 17.8 Å². The van der Waals surface area contributed by atoms with Gasteiger partial charge in [0.25, 0.3) is 0 Å². The number of piperazine rings is 1. The number of carbonyl (C=O) groups is 3. The lowest BCUT2D eigenvalue weighted by molar-refractivity contribution is -0.141. The van der Waals surface area contributed by atoms with E-state index in [2.05, 4.69) is 10.6 Å². The van der Waals surface area contributed by atoms with Crippen LogP contribution in [0.25, 0.3) is 0 Å². The highest BCUT2D eigenvalue weighted by molar-refractivity contribution is 6.41. The molecule has 2 heterocycles. The zero-order chi connectivity index (χ0) is 15.7. The second-order valence-corrected chi connectivity index (χ2v) is 5.50. The summed E-state index contributed by atoms with van der Waals surface area (Å²) >= 11 is 0. The van der Waals surface area contributed by atoms with Gasteiger partial charge < -0.3 is 20.6 Å². The SMILES string of the molecule is O=C1NCCN(c2ccccc2C2CC(C(=O)O)CN2)C1=O. The van der Waals surface area contributed by atoms with Crippen molar-refractivity contribution >= 4 is 23.5 Å². The van der Waals surface area contributed by atoms with Crippen LogP contribution in [0.15, 0.2) is 24.3 Å². The van der Waals surface area contributed by atoms with Crippen LogP contribution in [0, 0.1) is 5.92 Å². The summed E-state index contributed by atoms with van der Waals surface area (Å²) in [5.41, 5.74) is 1.53. The Morgan fingerprint density at radius 2 is 2.05 bits per heavy atom. The Bertz CT molecular complexity index is 631. The lowest BCUT2D eigenvalue weighted by atomic mass is 9.98. The third-order valence-corrected chi connectivity index (χ3v) is 4.14. The normalized spacial score (nSPS) is 25.2. The fourth-order valence-corrected chi connectivity index (χ4v) is 3.00. The van der Waals surface area contributed by atoms with Crippen molar-refractivity contribution in [1.82, 2.24) is 10.6 Å². The van der Waals surface area contributed by atoms with Crippen molar-refractivity contribution in [2.24, 2.45) is 5.92 Å². The Morgan fingerprint density at radius 3 is 2.77 bits per heavy atom. The van der Waals surface area contributed by atoms with Crippen molar-refractivity contribution in [3.63, 3.8) is 0 Å². The summed E-state index contributed by atoms with van der Waals surface area (Å²) in [5.74, 6) is -2.44. The summed E-state index contributed by atoms with van der Waals surface area (Å²) in [6.07, 6.45) is 0.473. The second kappa shape index (κ2) is 5.76. The van der Waals surface area contributed by atoms with Gasteiger partial charge in [0.15, 0.2) is 0 Å². The number of hydrogen-bond acceptors (Lipinski definition) is 4. The molecule has 0 bridgehead atoms. The maximum atomic E-state index is 12.1. The number of nitrogens with one attached hydrogen (secondary N) is 2. The second-order valence-electron chi connectivity index (χ2n) is 5.50.